The van der Waals surface area contributed by atoms with E-state index in [-0.39, 0.29) is 23.7 Å². The van der Waals surface area contributed by atoms with E-state index in [0.717, 1.165) is 24.7 Å². The summed E-state index contributed by atoms with van der Waals surface area (Å²) in [6.45, 7) is 4.67. The zero-order valence-corrected chi connectivity index (χ0v) is 15.1. The van der Waals surface area contributed by atoms with E-state index in [4.69, 9.17) is 4.74 Å². The van der Waals surface area contributed by atoms with Crippen LogP contribution in [0.4, 0.5) is 21.8 Å². The van der Waals surface area contributed by atoms with E-state index in [0.29, 0.717) is 18.8 Å². The monoisotopic (exact) mass is 371 g/mol. The summed E-state index contributed by atoms with van der Waals surface area (Å²) in [6, 6.07) is 7.19. The number of hydrogen-bond donors (Lipinski definition) is 2. The number of methoxy groups -OCH3 is 1. The summed E-state index contributed by atoms with van der Waals surface area (Å²) in [7, 11) is 1.58. The summed E-state index contributed by atoms with van der Waals surface area (Å²) < 4.78 is 19.4. The van der Waals surface area contributed by atoms with Crippen LogP contribution >= 0.6 is 0 Å². The molecule has 0 saturated carbocycles. The number of carbonyl (C=O) groups excluding carboxylic acids is 1. The highest BCUT2D eigenvalue weighted by Gasteiger charge is 2.23. The summed E-state index contributed by atoms with van der Waals surface area (Å²) >= 11 is 0. The summed E-state index contributed by atoms with van der Waals surface area (Å²) in [4.78, 5) is 21.7. The Bertz CT molecular complexity index is 829. The van der Waals surface area contributed by atoms with Gasteiger partial charge in [-0.25, -0.2) is 9.37 Å². The van der Waals surface area contributed by atoms with Crippen LogP contribution in [-0.4, -0.2) is 47.0 Å². The van der Waals surface area contributed by atoms with Crippen LogP contribution in [0.3, 0.4) is 0 Å². The molecule has 0 spiro atoms. The Balaban J connectivity index is 1.71. The number of likely N-dealkylation sites (tertiary alicyclic amines) is 1. The maximum absolute atomic E-state index is 14.2. The van der Waals surface area contributed by atoms with Gasteiger partial charge in [-0.05, 0) is 31.1 Å². The second-order valence-electron chi connectivity index (χ2n) is 6.22. The Kier molecular flexibility index (Phi) is 5.85. The molecule has 2 aromatic rings. The van der Waals surface area contributed by atoms with Crippen LogP contribution in [0, 0.1) is 5.82 Å². The molecule has 1 aromatic heterocycles. The highest BCUT2D eigenvalue weighted by molar-refractivity contribution is 5.87. The fourth-order valence-electron chi connectivity index (χ4n) is 2.98. The number of rotatable bonds is 6. The van der Waals surface area contributed by atoms with Crippen molar-refractivity contribution in [3.05, 3.63) is 48.9 Å². The van der Waals surface area contributed by atoms with Gasteiger partial charge in [0.1, 0.15) is 5.75 Å². The van der Waals surface area contributed by atoms with E-state index in [2.05, 4.69) is 27.2 Å². The molecule has 1 fully saturated rings. The minimum atomic E-state index is -0.543. The summed E-state index contributed by atoms with van der Waals surface area (Å²) in [5, 5.41) is 6.12. The second-order valence-corrected chi connectivity index (χ2v) is 6.22. The van der Waals surface area contributed by atoms with Crippen LogP contribution < -0.4 is 15.4 Å². The topological polar surface area (TPSA) is 79.4 Å². The number of ether oxygens (including phenoxy) is 1. The molecule has 0 unspecified atom stereocenters. The quantitative estimate of drug-likeness (QED) is 0.760. The van der Waals surface area contributed by atoms with Gasteiger partial charge in [0.2, 0.25) is 11.9 Å². The number of benzene rings is 1. The zero-order valence-electron chi connectivity index (χ0n) is 15.1. The molecule has 8 heteroatoms. The zero-order chi connectivity index (χ0) is 19.2. The van der Waals surface area contributed by atoms with Gasteiger partial charge in [-0.15, -0.1) is 0 Å². The first-order chi connectivity index (χ1) is 13.1. The van der Waals surface area contributed by atoms with Gasteiger partial charge in [-0.3, -0.25) is 4.79 Å². The molecular weight excluding hydrogens is 349 g/mol. The normalized spacial score (nSPS) is 16.5. The number of hydrogen-bond acceptors (Lipinski definition) is 6. The van der Waals surface area contributed by atoms with Crippen molar-refractivity contribution in [2.75, 3.05) is 30.8 Å². The minimum Gasteiger partial charge on any atom is -0.497 e. The van der Waals surface area contributed by atoms with Crippen molar-refractivity contribution in [2.24, 2.45) is 0 Å². The van der Waals surface area contributed by atoms with Crippen molar-refractivity contribution < 1.29 is 13.9 Å². The second kappa shape index (κ2) is 8.48. The molecule has 1 aromatic carbocycles. The van der Waals surface area contributed by atoms with Gasteiger partial charge in [-0.1, -0.05) is 12.6 Å². The molecule has 1 aliphatic rings. The van der Waals surface area contributed by atoms with Gasteiger partial charge in [0, 0.05) is 30.9 Å². The highest BCUT2D eigenvalue weighted by Crippen LogP contribution is 2.22. The summed E-state index contributed by atoms with van der Waals surface area (Å²) in [5.41, 5.74) is 0.729. The van der Waals surface area contributed by atoms with Crippen molar-refractivity contribution in [3.63, 3.8) is 0 Å². The smallest absolute Gasteiger partial charge is 0.246 e. The number of aromatic nitrogens is 2. The number of anilines is 3. The Labute approximate surface area is 157 Å². The maximum Gasteiger partial charge on any atom is 0.246 e. The molecule has 2 heterocycles. The van der Waals surface area contributed by atoms with Gasteiger partial charge < -0.3 is 20.3 Å². The first-order valence-electron chi connectivity index (χ1n) is 8.70. The Morgan fingerprint density at radius 3 is 3.11 bits per heavy atom. The summed E-state index contributed by atoms with van der Waals surface area (Å²) in [5.74, 6) is 0.397. The minimum absolute atomic E-state index is 0.0864. The molecule has 0 radical (unpaired) electrons. The third kappa shape index (κ3) is 4.72. The van der Waals surface area contributed by atoms with E-state index in [1.807, 2.05) is 18.2 Å². The number of piperidine rings is 1. The average Bonchev–Trinajstić information content (AvgIpc) is 2.70. The van der Waals surface area contributed by atoms with E-state index in [9.17, 15) is 9.18 Å². The molecule has 1 atom stereocenters. The first-order valence-corrected chi connectivity index (χ1v) is 8.70. The standard InChI is InChI=1S/C19H22FN5O2/c1-3-17(26)25-9-5-7-14(12-25)22-18-16(20)11-21-19(24-18)23-13-6-4-8-15(10-13)27-2/h3-4,6,8,10-11,14H,1,5,7,9,12H2,2H3,(H2,21,22,23,24)/t14-/m1/s1. The lowest BCUT2D eigenvalue weighted by Gasteiger charge is -2.32. The van der Waals surface area contributed by atoms with Gasteiger partial charge in [-0.2, -0.15) is 4.98 Å². The van der Waals surface area contributed by atoms with E-state index in [1.54, 1.807) is 18.1 Å². The number of carbonyl (C=O) groups is 1. The van der Waals surface area contributed by atoms with E-state index < -0.39 is 5.82 Å². The molecule has 7 nitrogen and oxygen atoms in total. The third-order valence-corrected chi connectivity index (χ3v) is 4.32. The molecule has 1 aliphatic heterocycles. The molecular formula is C19H22FN5O2. The van der Waals surface area contributed by atoms with Crippen LogP contribution in [0.5, 0.6) is 5.75 Å². The van der Waals surface area contributed by atoms with E-state index in [1.165, 1.54) is 6.08 Å². The van der Waals surface area contributed by atoms with Gasteiger partial charge in [0.05, 0.1) is 13.3 Å². The molecule has 0 bridgehead atoms. The number of amides is 1. The lowest BCUT2D eigenvalue weighted by Crippen LogP contribution is -2.44. The SMILES string of the molecule is C=CC(=O)N1CCC[C@@H](Nc2nc(Nc3cccc(OC)c3)ncc2F)C1. The average molecular weight is 371 g/mol. The van der Waals surface area contributed by atoms with Gasteiger partial charge >= 0.3 is 0 Å². The molecule has 1 amide bonds. The van der Waals surface area contributed by atoms with Crippen molar-refractivity contribution in [3.8, 4) is 5.75 Å². The number of halogens is 1. The maximum atomic E-state index is 14.2. The van der Waals surface area contributed by atoms with Gasteiger partial charge in [0.15, 0.2) is 11.6 Å². The van der Waals surface area contributed by atoms with Crippen molar-refractivity contribution >= 4 is 23.4 Å². The van der Waals surface area contributed by atoms with Crippen LogP contribution in [0.1, 0.15) is 12.8 Å². The molecule has 1 saturated heterocycles. The lowest BCUT2D eigenvalue weighted by atomic mass is 10.1. The Hall–Kier alpha value is -3.16. The molecule has 142 valence electrons. The van der Waals surface area contributed by atoms with E-state index >= 15 is 0 Å². The van der Waals surface area contributed by atoms with Crippen LogP contribution in [-0.2, 0) is 4.79 Å². The Morgan fingerprint density at radius 1 is 1.48 bits per heavy atom. The molecule has 0 aliphatic carbocycles. The van der Waals surface area contributed by atoms with Crippen LogP contribution in [0.25, 0.3) is 0 Å². The lowest BCUT2D eigenvalue weighted by molar-refractivity contribution is -0.127. The van der Waals surface area contributed by atoms with Crippen molar-refractivity contribution in [2.45, 2.75) is 18.9 Å². The van der Waals surface area contributed by atoms with Crippen molar-refractivity contribution in [1.29, 1.82) is 0 Å². The Morgan fingerprint density at radius 2 is 2.33 bits per heavy atom. The number of nitrogens with zero attached hydrogens (tertiary/aromatic N) is 3. The van der Waals surface area contributed by atoms with Crippen LogP contribution in [0.2, 0.25) is 0 Å². The predicted octanol–water partition coefficient (Wildman–Crippen LogP) is 2.96. The predicted molar refractivity (Wildman–Crippen MR) is 102 cm³/mol. The van der Waals surface area contributed by atoms with Crippen LogP contribution in [0.15, 0.2) is 43.1 Å². The fraction of sp³-hybridized carbons (Fsp3) is 0.316. The first kappa shape index (κ1) is 18.6. The molecule has 2 N–H and O–H groups in total. The highest BCUT2D eigenvalue weighted by atomic mass is 19.1. The summed E-state index contributed by atoms with van der Waals surface area (Å²) in [6.07, 6.45) is 4.07. The fourth-order valence-corrected chi connectivity index (χ4v) is 2.98. The number of nitrogens with one attached hydrogen (secondary N) is 2. The van der Waals surface area contributed by atoms with Gasteiger partial charge in [0.25, 0.3) is 0 Å². The van der Waals surface area contributed by atoms with Crippen molar-refractivity contribution in [1.82, 2.24) is 14.9 Å². The third-order valence-electron chi connectivity index (χ3n) is 4.32. The largest absolute Gasteiger partial charge is 0.497 e. The molecule has 3 rings (SSSR count). The molecule has 27 heavy (non-hydrogen) atoms.